The molecule has 0 aliphatic heterocycles. The maximum atomic E-state index is 10.9. The Hall–Kier alpha value is -0.973. The van der Waals surface area contributed by atoms with E-state index in [4.69, 9.17) is 9.16 Å². The first kappa shape index (κ1) is 19.1. The van der Waals surface area contributed by atoms with Crippen molar-refractivity contribution in [3.63, 3.8) is 0 Å². The molecule has 0 N–H and O–H groups in total. The van der Waals surface area contributed by atoms with Crippen molar-refractivity contribution in [3.05, 3.63) is 35.9 Å². The van der Waals surface area contributed by atoms with E-state index >= 15 is 0 Å². The Bertz CT molecular complexity index is 396. The van der Waals surface area contributed by atoms with Crippen LogP contribution in [0.1, 0.15) is 39.2 Å². The maximum absolute atomic E-state index is 10.9. The zero-order valence-corrected chi connectivity index (χ0v) is 15.2. The molecule has 22 heavy (non-hydrogen) atoms. The Balaban J connectivity index is 2.41. The molecular formula is C18H30O3Si. The summed E-state index contributed by atoms with van der Waals surface area (Å²) in [4.78, 5) is 10.9. The summed E-state index contributed by atoms with van der Waals surface area (Å²) in [7, 11) is -1.66. The lowest BCUT2D eigenvalue weighted by molar-refractivity contribution is -0.109. The van der Waals surface area contributed by atoms with E-state index in [0.29, 0.717) is 19.6 Å². The second-order valence-electron chi connectivity index (χ2n) is 5.71. The minimum absolute atomic E-state index is 0.0137. The minimum atomic E-state index is -1.66. The van der Waals surface area contributed by atoms with Gasteiger partial charge in [0.1, 0.15) is 6.29 Å². The SMILES string of the molecule is CC[Si](CC)(CC)OC(CC=O)CCOCc1ccccc1. The van der Waals surface area contributed by atoms with Gasteiger partial charge >= 0.3 is 0 Å². The second kappa shape index (κ2) is 10.7. The fourth-order valence-electron chi connectivity index (χ4n) is 2.66. The molecule has 0 aliphatic rings. The molecule has 0 fully saturated rings. The molecule has 0 bridgehead atoms. The van der Waals surface area contributed by atoms with Crippen LogP contribution in [-0.4, -0.2) is 27.3 Å². The summed E-state index contributed by atoms with van der Waals surface area (Å²) < 4.78 is 12.1. The summed E-state index contributed by atoms with van der Waals surface area (Å²) in [5, 5.41) is 0. The fourth-order valence-corrected chi connectivity index (χ4v) is 5.59. The molecule has 3 nitrogen and oxygen atoms in total. The molecule has 0 spiro atoms. The average Bonchev–Trinajstić information content (AvgIpc) is 2.57. The first-order valence-electron chi connectivity index (χ1n) is 8.42. The van der Waals surface area contributed by atoms with Crippen molar-refractivity contribution in [3.8, 4) is 0 Å². The Kier molecular flexibility index (Phi) is 9.28. The van der Waals surface area contributed by atoms with E-state index in [-0.39, 0.29) is 6.10 Å². The molecule has 0 saturated carbocycles. The summed E-state index contributed by atoms with van der Waals surface area (Å²) >= 11 is 0. The average molecular weight is 323 g/mol. The van der Waals surface area contributed by atoms with Gasteiger partial charge < -0.3 is 14.0 Å². The number of hydrogen-bond acceptors (Lipinski definition) is 3. The van der Waals surface area contributed by atoms with Crippen molar-refractivity contribution >= 4 is 14.6 Å². The summed E-state index contributed by atoms with van der Waals surface area (Å²) in [5.41, 5.74) is 1.18. The van der Waals surface area contributed by atoms with Crippen molar-refractivity contribution in [1.29, 1.82) is 0 Å². The van der Waals surface area contributed by atoms with Gasteiger partial charge in [0.15, 0.2) is 8.32 Å². The number of carbonyl (C=O) groups excluding carboxylic acids is 1. The van der Waals surface area contributed by atoms with Gasteiger partial charge in [0.05, 0.1) is 12.7 Å². The Morgan fingerprint density at radius 3 is 2.27 bits per heavy atom. The zero-order chi connectivity index (χ0) is 16.3. The lowest BCUT2D eigenvalue weighted by atomic mass is 10.2. The quantitative estimate of drug-likeness (QED) is 0.321. The molecule has 1 rings (SSSR count). The summed E-state index contributed by atoms with van der Waals surface area (Å²) in [6, 6.07) is 13.5. The van der Waals surface area contributed by atoms with Crippen LogP contribution in [0.15, 0.2) is 30.3 Å². The standard InChI is InChI=1S/C18H30O3Si/c1-4-22(5-2,6-3)21-18(12-14-19)13-15-20-16-17-10-8-7-9-11-17/h7-11,14,18H,4-6,12-13,15-16H2,1-3H3. The van der Waals surface area contributed by atoms with Crippen LogP contribution in [0.3, 0.4) is 0 Å². The predicted molar refractivity (Wildman–Crippen MR) is 93.5 cm³/mol. The Morgan fingerprint density at radius 1 is 1.09 bits per heavy atom. The van der Waals surface area contributed by atoms with Crippen LogP contribution in [0, 0.1) is 0 Å². The normalized spacial score (nSPS) is 13.0. The van der Waals surface area contributed by atoms with Crippen LogP contribution in [0.25, 0.3) is 0 Å². The largest absolute Gasteiger partial charge is 0.413 e. The smallest absolute Gasteiger partial charge is 0.192 e. The summed E-state index contributed by atoms with van der Waals surface area (Å²) in [6.45, 7) is 7.89. The van der Waals surface area contributed by atoms with Crippen molar-refractivity contribution < 1.29 is 14.0 Å². The van der Waals surface area contributed by atoms with Gasteiger partial charge in [-0.15, -0.1) is 0 Å². The number of aldehydes is 1. The molecule has 1 aromatic rings. The number of rotatable bonds is 12. The van der Waals surface area contributed by atoms with Crippen molar-refractivity contribution in [1.82, 2.24) is 0 Å². The lowest BCUT2D eigenvalue weighted by Gasteiger charge is -2.32. The maximum Gasteiger partial charge on any atom is 0.192 e. The van der Waals surface area contributed by atoms with Crippen LogP contribution in [0.2, 0.25) is 18.1 Å². The van der Waals surface area contributed by atoms with Crippen LogP contribution >= 0.6 is 0 Å². The van der Waals surface area contributed by atoms with Crippen LogP contribution in [0.5, 0.6) is 0 Å². The van der Waals surface area contributed by atoms with Gasteiger partial charge in [-0.1, -0.05) is 51.1 Å². The molecule has 124 valence electrons. The molecule has 0 saturated heterocycles. The highest BCUT2D eigenvalue weighted by atomic mass is 28.4. The number of benzene rings is 1. The third-order valence-electron chi connectivity index (χ3n) is 4.40. The monoisotopic (exact) mass is 322 g/mol. The zero-order valence-electron chi connectivity index (χ0n) is 14.2. The number of carbonyl (C=O) groups is 1. The third kappa shape index (κ3) is 6.42. The third-order valence-corrected chi connectivity index (χ3v) is 9.10. The van der Waals surface area contributed by atoms with Gasteiger partial charge in [-0.05, 0) is 30.1 Å². The van der Waals surface area contributed by atoms with Crippen LogP contribution in [0.4, 0.5) is 0 Å². The van der Waals surface area contributed by atoms with E-state index in [9.17, 15) is 4.79 Å². The molecule has 0 heterocycles. The van der Waals surface area contributed by atoms with E-state index in [1.807, 2.05) is 18.2 Å². The number of ether oxygens (including phenoxy) is 1. The Morgan fingerprint density at radius 2 is 1.73 bits per heavy atom. The van der Waals surface area contributed by atoms with Gasteiger partial charge in [-0.2, -0.15) is 0 Å². The van der Waals surface area contributed by atoms with E-state index in [1.54, 1.807) is 0 Å². The molecule has 1 atom stereocenters. The summed E-state index contributed by atoms with van der Waals surface area (Å²) in [6.07, 6.45) is 2.26. The van der Waals surface area contributed by atoms with E-state index in [2.05, 4.69) is 32.9 Å². The second-order valence-corrected chi connectivity index (χ2v) is 10.4. The number of hydrogen-bond donors (Lipinski definition) is 0. The van der Waals surface area contributed by atoms with Gasteiger partial charge in [-0.3, -0.25) is 0 Å². The van der Waals surface area contributed by atoms with Gasteiger partial charge in [0.2, 0.25) is 0 Å². The molecule has 4 heteroatoms. The van der Waals surface area contributed by atoms with Gasteiger partial charge in [0.25, 0.3) is 0 Å². The highest BCUT2D eigenvalue weighted by Gasteiger charge is 2.31. The van der Waals surface area contributed by atoms with Gasteiger partial charge in [0, 0.05) is 13.0 Å². The van der Waals surface area contributed by atoms with Crippen LogP contribution < -0.4 is 0 Å². The molecule has 0 aromatic heterocycles. The molecule has 1 aromatic carbocycles. The van der Waals surface area contributed by atoms with E-state index in [0.717, 1.165) is 30.8 Å². The minimum Gasteiger partial charge on any atom is -0.413 e. The molecule has 0 radical (unpaired) electrons. The first-order valence-corrected chi connectivity index (χ1v) is 11.0. The molecule has 1 unspecified atom stereocenters. The first-order chi connectivity index (χ1) is 10.7. The van der Waals surface area contributed by atoms with Crippen LogP contribution in [-0.2, 0) is 20.6 Å². The van der Waals surface area contributed by atoms with E-state index < -0.39 is 8.32 Å². The van der Waals surface area contributed by atoms with Crippen molar-refractivity contribution in [2.45, 2.75) is 64.5 Å². The predicted octanol–water partition coefficient (Wildman–Crippen LogP) is 4.57. The molecular weight excluding hydrogens is 292 g/mol. The molecule has 0 aliphatic carbocycles. The van der Waals surface area contributed by atoms with E-state index in [1.165, 1.54) is 5.56 Å². The topological polar surface area (TPSA) is 35.5 Å². The molecule has 0 amide bonds. The van der Waals surface area contributed by atoms with Crippen molar-refractivity contribution in [2.24, 2.45) is 0 Å². The van der Waals surface area contributed by atoms with Gasteiger partial charge in [-0.25, -0.2) is 0 Å². The Labute approximate surface area is 136 Å². The fraction of sp³-hybridized carbons (Fsp3) is 0.611. The highest BCUT2D eigenvalue weighted by molar-refractivity contribution is 6.73. The summed E-state index contributed by atoms with van der Waals surface area (Å²) in [5.74, 6) is 0. The highest BCUT2D eigenvalue weighted by Crippen LogP contribution is 2.25. The lowest BCUT2D eigenvalue weighted by Crippen LogP contribution is -2.40. The van der Waals surface area contributed by atoms with Crippen molar-refractivity contribution in [2.75, 3.05) is 6.61 Å².